The standard InChI is InChI=1S/C25H26F2N4O4S/c1-2-3-8-35-22-20-23(33)28-25(6-9-34-10-7-25)14-31(20)13-17(21(22)32)24-30-29-19(36-24)11-15-4-5-16(26)12-18(15)27/h4-5,12-13H,2-3,6-11,14H2,1H3,(H,28,33). The monoisotopic (exact) mass is 516 g/mol. The molecule has 190 valence electrons. The van der Waals surface area contributed by atoms with Crippen LogP contribution in [0.2, 0.25) is 0 Å². The number of unbranched alkanes of at least 4 members (excludes halogenated alkanes) is 1. The predicted octanol–water partition coefficient (Wildman–Crippen LogP) is 3.71. The van der Waals surface area contributed by atoms with Gasteiger partial charge in [-0.15, -0.1) is 10.2 Å². The zero-order chi connectivity index (χ0) is 25.3. The van der Waals surface area contributed by atoms with E-state index in [1.165, 1.54) is 12.1 Å². The molecule has 0 aliphatic carbocycles. The van der Waals surface area contributed by atoms with E-state index in [0.29, 0.717) is 49.2 Å². The molecule has 0 radical (unpaired) electrons. The van der Waals surface area contributed by atoms with Gasteiger partial charge >= 0.3 is 0 Å². The average Bonchev–Trinajstić information content (AvgIpc) is 3.31. The molecule has 1 amide bonds. The molecule has 0 saturated carbocycles. The Labute approximate surface area is 210 Å². The summed E-state index contributed by atoms with van der Waals surface area (Å²) < 4.78 is 40.5. The van der Waals surface area contributed by atoms with E-state index in [0.717, 1.165) is 30.2 Å². The van der Waals surface area contributed by atoms with E-state index in [1.807, 2.05) is 6.92 Å². The summed E-state index contributed by atoms with van der Waals surface area (Å²) in [7, 11) is 0. The van der Waals surface area contributed by atoms with Crippen LogP contribution in [0, 0.1) is 11.6 Å². The number of amides is 1. The average molecular weight is 517 g/mol. The Morgan fingerprint density at radius 1 is 1.22 bits per heavy atom. The topological polar surface area (TPSA) is 95.3 Å². The second-order valence-electron chi connectivity index (χ2n) is 9.14. The lowest BCUT2D eigenvalue weighted by Crippen LogP contribution is -2.58. The van der Waals surface area contributed by atoms with Crippen LogP contribution in [0.3, 0.4) is 0 Å². The summed E-state index contributed by atoms with van der Waals surface area (Å²) in [4.78, 5) is 26.7. The van der Waals surface area contributed by atoms with Gasteiger partial charge in [0.2, 0.25) is 5.43 Å². The Hall–Kier alpha value is -3.18. The molecule has 11 heteroatoms. The van der Waals surface area contributed by atoms with E-state index >= 15 is 0 Å². The van der Waals surface area contributed by atoms with E-state index in [-0.39, 0.29) is 34.9 Å². The normalized spacial score (nSPS) is 16.6. The number of aromatic nitrogens is 3. The van der Waals surface area contributed by atoms with Crippen LogP contribution < -0.4 is 15.5 Å². The lowest BCUT2D eigenvalue weighted by atomic mass is 9.87. The smallest absolute Gasteiger partial charge is 0.272 e. The fourth-order valence-corrected chi connectivity index (χ4v) is 5.44. The maximum atomic E-state index is 14.1. The number of carbonyl (C=O) groups excluding carboxylic acids is 1. The molecule has 4 heterocycles. The van der Waals surface area contributed by atoms with Crippen LogP contribution in [0.15, 0.2) is 29.2 Å². The van der Waals surface area contributed by atoms with Crippen molar-refractivity contribution in [2.45, 2.75) is 51.1 Å². The van der Waals surface area contributed by atoms with Crippen molar-refractivity contribution in [1.29, 1.82) is 0 Å². The number of ether oxygens (including phenoxy) is 2. The van der Waals surface area contributed by atoms with Gasteiger partial charge in [-0.2, -0.15) is 0 Å². The predicted molar refractivity (Wildman–Crippen MR) is 129 cm³/mol. The van der Waals surface area contributed by atoms with Gasteiger partial charge in [0.15, 0.2) is 16.5 Å². The minimum atomic E-state index is -0.667. The molecule has 1 aromatic carbocycles. The van der Waals surface area contributed by atoms with Gasteiger partial charge in [0.05, 0.1) is 17.7 Å². The number of hydrogen-bond acceptors (Lipinski definition) is 7. The molecule has 1 spiro atoms. The number of pyridine rings is 1. The Morgan fingerprint density at radius 2 is 2.03 bits per heavy atom. The number of halogens is 2. The highest BCUT2D eigenvalue weighted by Gasteiger charge is 2.41. The van der Waals surface area contributed by atoms with E-state index in [2.05, 4.69) is 15.5 Å². The van der Waals surface area contributed by atoms with Gasteiger partial charge in [0.25, 0.3) is 5.91 Å². The van der Waals surface area contributed by atoms with Crippen molar-refractivity contribution < 1.29 is 23.0 Å². The quantitative estimate of drug-likeness (QED) is 0.481. The van der Waals surface area contributed by atoms with Crippen LogP contribution >= 0.6 is 11.3 Å². The summed E-state index contributed by atoms with van der Waals surface area (Å²) in [6, 6.07) is 3.38. The lowest BCUT2D eigenvalue weighted by Gasteiger charge is -2.42. The fraction of sp³-hybridized carbons (Fsp3) is 0.440. The molecule has 36 heavy (non-hydrogen) atoms. The first-order valence-electron chi connectivity index (χ1n) is 12.0. The molecule has 2 aliphatic heterocycles. The minimum absolute atomic E-state index is 0.00156. The SMILES string of the molecule is CCCCOc1c2n(cc(-c3nnc(Cc4ccc(F)cc4F)s3)c1=O)CC1(CCOCC1)NC2=O. The first-order valence-corrected chi connectivity index (χ1v) is 12.8. The summed E-state index contributed by atoms with van der Waals surface area (Å²) in [5, 5.41) is 12.2. The first-order chi connectivity index (χ1) is 17.4. The molecule has 0 unspecified atom stereocenters. The van der Waals surface area contributed by atoms with Crippen molar-refractivity contribution in [3.63, 3.8) is 0 Å². The first kappa shape index (κ1) is 24.5. The Balaban J connectivity index is 1.53. The summed E-state index contributed by atoms with van der Waals surface area (Å²) in [6.07, 6.45) is 4.69. The fourth-order valence-electron chi connectivity index (χ4n) is 4.58. The molecular weight excluding hydrogens is 490 g/mol. The van der Waals surface area contributed by atoms with Gasteiger partial charge in [-0.1, -0.05) is 30.7 Å². The summed E-state index contributed by atoms with van der Waals surface area (Å²) in [5.41, 5.74) is -0.142. The Morgan fingerprint density at radius 3 is 2.78 bits per heavy atom. The van der Waals surface area contributed by atoms with Gasteiger partial charge in [0.1, 0.15) is 16.6 Å². The van der Waals surface area contributed by atoms with Crippen LogP contribution in [-0.2, 0) is 17.7 Å². The van der Waals surface area contributed by atoms with Crippen molar-refractivity contribution in [1.82, 2.24) is 20.1 Å². The summed E-state index contributed by atoms with van der Waals surface area (Å²) >= 11 is 1.15. The van der Waals surface area contributed by atoms with Gasteiger partial charge in [-0.05, 0) is 30.9 Å². The van der Waals surface area contributed by atoms with E-state index in [1.54, 1.807) is 10.8 Å². The number of nitrogens with one attached hydrogen (secondary N) is 1. The van der Waals surface area contributed by atoms with Crippen molar-refractivity contribution in [2.24, 2.45) is 0 Å². The molecular formula is C25H26F2N4O4S. The molecule has 0 bridgehead atoms. The number of carbonyl (C=O) groups is 1. The largest absolute Gasteiger partial charge is 0.487 e. The third-order valence-corrected chi connectivity index (χ3v) is 7.51. The van der Waals surface area contributed by atoms with E-state index in [9.17, 15) is 18.4 Å². The zero-order valence-electron chi connectivity index (χ0n) is 19.8. The van der Waals surface area contributed by atoms with Gasteiger partial charge in [0, 0.05) is 38.4 Å². The van der Waals surface area contributed by atoms with Crippen molar-refractivity contribution in [3.8, 4) is 16.3 Å². The number of fused-ring (bicyclic) bond motifs is 1. The Kier molecular flexibility index (Phi) is 6.85. The van der Waals surface area contributed by atoms with Crippen molar-refractivity contribution in [2.75, 3.05) is 19.8 Å². The Bertz CT molecular complexity index is 1350. The molecule has 1 N–H and O–H groups in total. The third-order valence-electron chi connectivity index (χ3n) is 6.55. The summed E-state index contributed by atoms with van der Waals surface area (Å²) in [6.45, 7) is 3.88. The number of hydrogen-bond donors (Lipinski definition) is 1. The number of rotatable bonds is 7. The van der Waals surface area contributed by atoms with Crippen molar-refractivity contribution >= 4 is 17.2 Å². The van der Waals surface area contributed by atoms with E-state index < -0.39 is 22.6 Å². The minimum Gasteiger partial charge on any atom is -0.487 e. The number of benzene rings is 1. The maximum absolute atomic E-state index is 14.1. The highest BCUT2D eigenvalue weighted by molar-refractivity contribution is 7.14. The second kappa shape index (κ2) is 10.1. The molecule has 8 nitrogen and oxygen atoms in total. The molecule has 5 rings (SSSR count). The van der Waals surface area contributed by atoms with Crippen LogP contribution in [0.4, 0.5) is 8.78 Å². The third kappa shape index (κ3) is 4.77. The zero-order valence-corrected chi connectivity index (χ0v) is 20.6. The molecule has 2 aliphatic rings. The van der Waals surface area contributed by atoms with Gasteiger partial charge in [-0.3, -0.25) is 9.59 Å². The maximum Gasteiger partial charge on any atom is 0.272 e. The highest BCUT2D eigenvalue weighted by atomic mass is 32.1. The van der Waals surface area contributed by atoms with Crippen molar-refractivity contribution in [3.05, 3.63) is 62.5 Å². The van der Waals surface area contributed by atoms with Crippen LogP contribution in [0.1, 0.15) is 53.7 Å². The van der Waals surface area contributed by atoms with E-state index in [4.69, 9.17) is 9.47 Å². The van der Waals surface area contributed by atoms with Crippen LogP contribution in [-0.4, -0.2) is 46.0 Å². The molecule has 0 atom stereocenters. The van der Waals surface area contributed by atoms with Crippen LogP contribution in [0.25, 0.3) is 10.6 Å². The summed E-state index contributed by atoms with van der Waals surface area (Å²) in [5.74, 6) is -1.66. The number of nitrogens with zero attached hydrogens (tertiary/aromatic N) is 3. The van der Waals surface area contributed by atoms with Gasteiger partial charge < -0.3 is 19.4 Å². The second-order valence-corrected chi connectivity index (χ2v) is 10.2. The molecule has 3 aromatic rings. The molecule has 1 saturated heterocycles. The van der Waals surface area contributed by atoms with Gasteiger partial charge in [-0.25, -0.2) is 8.78 Å². The molecule has 1 fully saturated rings. The van der Waals surface area contributed by atoms with Crippen LogP contribution in [0.5, 0.6) is 5.75 Å². The highest BCUT2D eigenvalue weighted by Crippen LogP contribution is 2.33. The lowest BCUT2D eigenvalue weighted by molar-refractivity contribution is 0.0239. The molecule has 2 aromatic heterocycles.